The van der Waals surface area contributed by atoms with Crippen LogP contribution < -0.4 is 0 Å². The fourth-order valence-corrected chi connectivity index (χ4v) is 1.55. The highest BCUT2D eigenvalue weighted by Crippen LogP contribution is 2.31. The normalized spacial score (nSPS) is 20.8. The molecule has 0 spiro atoms. The Balaban J connectivity index is 2.63. The Bertz CT molecular complexity index is 398. The van der Waals surface area contributed by atoms with E-state index in [4.69, 9.17) is 12.2 Å². The Morgan fingerprint density at radius 1 is 1.31 bits per heavy atom. The van der Waals surface area contributed by atoms with Gasteiger partial charge in [0.15, 0.2) is 6.17 Å². The zero-order chi connectivity index (χ0) is 9.42. The molecule has 0 aromatic heterocycles. The Kier molecular flexibility index (Phi) is 1.88. The maximum absolute atomic E-state index is 13.5. The standard InChI is InChI=1S/C10H7FOS/c11-9-7-4-2-1-3-6(7)5-8(12)10(9)13/h1-5,9,12H. The number of benzene rings is 1. The van der Waals surface area contributed by atoms with Crippen LogP contribution in [0.1, 0.15) is 17.3 Å². The average molecular weight is 194 g/mol. The van der Waals surface area contributed by atoms with Crippen LogP contribution in [-0.4, -0.2) is 9.97 Å². The van der Waals surface area contributed by atoms with Crippen molar-refractivity contribution in [2.24, 2.45) is 0 Å². The molecule has 1 aromatic carbocycles. The van der Waals surface area contributed by atoms with Gasteiger partial charge in [0.05, 0.1) is 4.86 Å². The van der Waals surface area contributed by atoms with Gasteiger partial charge in [-0.1, -0.05) is 36.5 Å². The molecule has 1 unspecified atom stereocenters. The number of aliphatic hydroxyl groups excluding tert-OH is 1. The van der Waals surface area contributed by atoms with Crippen LogP contribution in [0.25, 0.3) is 6.08 Å². The van der Waals surface area contributed by atoms with E-state index in [-0.39, 0.29) is 10.6 Å². The first-order valence-electron chi connectivity index (χ1n) is 3.88. The maximum atomic E-state index is 13.5. The molecule has 13 heavy (non-hydrogen) atoms. The lowest BCUT2D eigenvalue weighted by Crippen LogP contribution is -2.13. The summed E-state index contributed by atoms with van der Waals surface area (Å²) < 4.78 is 13.5. The van der Waals surface area contributed by atoms with Gasteiger partial charge in [0.1, 0.15) is 5.76 Å². The van der Waals surface area contributed by atoms with E-state index < -0.39 is 6.17 Å². The molecule has 0 amide bonds. The molecule has 0 fully saturated rings. The first kappa shape index (κ1) is 8.38. The molecule has 1 aliphatic rings. The van der Waals surface area contributed by atoms with Crippen LogP contribution in [0, 0.1) is 0 Å². The highest BCUT2D eigenvalue weighted by Gasteiger charge is 2.25. The fraction of sp³-hybridized carbons (Fsp3) is 0.100. The van der Waals surface area contributed by atoms with Gasteiger partial charge >= 0.3 is 0 Å². The zero-order valence-electron chi connectivity index (χ0n) is 6.70. The minimum atomic E-state index is -1.35. The van der Waals surface area contributed by atoms with E-state index in [2.05, 4.69) is 0 Å². The third-order valence-corrected chi connectivity index (χ3v) is 2.46. The summed E-state index contributed by atoms with van der Waals surface area (Å²) in [6.07, 6.45) is 0.143. The lowest BCUT2D eigenvalue weighted by molar-refractivity contribution is 0.403. The summed E-state index contributed by atoms with van der Waals surface area (Å²) in [5.74, 6) is -0.138. The van der Waals surface area contributed by atoms with Crippen molar-refractivity contribution in [1.82, 2.24) is 0 Å². The van der Waals surface area contributed by atoms with Gasteiger partial charge in [0.2, 0.25) is 0 Å². The molecule has 2 rings (SSSR count). The van der Waals surface area contributed by atoms with Crippen molar-refractivity contribution >= 4 is 23.2 Å². The Hall–Kier alpha value is -1.22. The van der Waals surface area contributed by atoms with Gasteiger partial charge in [-0.05, 0) is 17.2 Å². The van der Waals surface area contributed by atoms with Crippen LogP contribution in [-0.2, 0) is 0 Å². The molecule has 1 aromatic rings. The van der Waals surface area contributed by atoms with E-state index in [0.717, 1.165) is 0 Å². The zero-order valence-corrected chi connectivity index (χ0v) is 7.51. The quantitative estimate of drug-likeness (QED) is 0.641. The highest BCUT2D eigenvalue weighted by atomic mass is 32.1. The molecule has 0 bridgehead atoms. The van der Waals surface area contributed by atoms with Gasteiger partial charge in [-0.3, -0.25) is 0 Å². The average Bonchev–Trinajstić information content (AvgIpc) is 2.15. The Morgan fingerprint density at radius 2 is 2.00 bits per heavy atom. The minimum absolute atomic E-state index is 0.0290. The number of rotatable bonds is 0. The number of aliphatic hydroxyl groups is 1. The molecule has 3 heteroatoms. The van der Waals surface area contributed by atoms with E-state index in [1.807, 2.05) is 0 Å². The summed E-state index contributed by atoms with van der Waals surface area (Å²) in [4.78, 5) is -0.0290. The molecule has 0 saturated carbocycles. The van der Waals surface area contributed by atoms with Gasteiger partial charge in [0, 0.05) is 0 Å². The molecule has 1 atom stereocenters. The van der Waals surface area contributed by atoms with Gasteiger partial charge in [0.25, 0.3) is 0 Å². The topological polar surface area (TPSA) is 20.2 Å². The molecule has 0 aliphatic heterocycles. The van der Waals surface area contributed by atoms with Crippen LogP contribution in [0.3, 0.4) is 0 Å². The van der Waals surface area contributed by atoms with Crippen molar-refractivity contribution in [2.75, 3.05) is 0 Å². The molecule has 1 nitrogen and oxygen atoms in total. The summed E-state index contributed by atoms with van der Waals surface area (Å²) >= 11 is 4.73. The summed E-state index contributed by atoms with van der Waals surface area (Å²) in [6.45, 7) is 0. The number of allylic oxidation sites excluding steroid dienone is 1. The lowest BCUT2D eigenvalue weighted by atomic mass is 9.95. The van der Waals surface area contributed by atoms with Crippen molar-refractivity contribution in [3.63, 3.8) is 0 Å². The van der Waals surface area contributed by atoms with Crippen LogP contribution >= 0.6 is 12.2 Å². The summed E-state index contributed by atoms with van der Waals surface area (Å²) in [6, 6.07) is 6.98. The third-order valence-electron chi connectivity index (χ3n) is 2.04. The molecule has 0 heterocycles. The molecule has 0 saturated heterocycles. The fourth-order valence-electron chi connectivity index (χ4n) is 1.36. The second kappa shape index (κ2) is 2.92. The molecule has 0 radical (unpaired) electrons. The molecule has 1 aliphatic carbocycles. The van der Waals surface area contributed by atoms with Crippen LogP contribution in [0.2, 0.25) is 0 Å². The van der Waals surface area contributed by atoms with Crippen molar-refractivity contribution < 1.29 is 9.50 Å². The van der Waals surface area contributed by atoms with Crippen molar-refractivity contribution in [3.8, 4) is 0 Å². The van der Waals surface area contributed by atoms with E-state index >= 15 is 0 Å². The number of hydrogen-bond donors (Lipinski definition) is 1. The predicted octanol–water partition coefficient (Wildman–Crippen LogP) is 2.98. The van der Waals surface area contributed by atoms with Crippen LogP contribution in [0.5, 0.6) is 0 Å². The second-order valence-electron chi connectivity index (χ2n) is 2.89. The molecular weight excluding hydrogens is 187 g/mol. The Morgan fingerprint density at radius 3 is 2.77 bits per heavy atom. The SMILES string of the molecule is OC1=Cc2ccccc2C(F)C1=S. The van der Waals surface area contributed by atoms with Crippen LogP contribution in [0.4, 0.5) is 4.39 Å². The van der Waals surface area contributed by atoms with Crippen molar-refractivity contribution in [1.29, 1.82) is 0 Å². The lowest BCUT2D eigenvalue weighted by Gasteiger charge is -2.17. The number of hydrogen-bond acceptors (Lipinski definition) is 2. The number of halogens is 1. The first-order valence-corrected chi connectivity index (χ1v) is 4.29. The maximum Gasteiger partial charge on any atom is 0.164 e. The van der Waals surface area contributed by atoms with Gasteiger partial charge in [-0.2, -0.15) is 0 Å². The monoisotopic (exact) mass is 194 g/mol. The van der Waals surface area contributed by atoms with E-state index in [1.165, 1.54) is 6.08 Å². The third kappa shape index (κ3) is 1.25. The first-order chi connectivity index (χ1) is 6.20. The van der Waals surface area contributed by atoms with Crippen molar-refractivity contribution in [3.05, 3.63) is 41.2 Å². The molecular formula is C10H7FOS. The Labute approximate surface area is 80.5 Å². The predicted molar refractivity (Wildman–Crippen MR) is 53.5 cm³/mol. The van der Waals surface area contributed by atoms with E-state index in [9.17, 15) is 9.50 Å². The minimum Gasteiger partial charge on any atom is -0.507 e. The molecule has 66 valence electrons. The van der Waals surface area contributed by atoms with E-state index in [0.29, 0.717) is 11.1 Å². The smallest absolute Gasteiger partial charge is 0.164 e. The van der Waals surface area contributed by atoms with E-state index in [1.54, 1.807) is 24.3 Å². The van der Waals surface area contributed by atoms with Gasteiger partial charge in [-0.15, -0.1) is 0 Å². The van der Waals surface area contributed by atoms with Gasteiger partial charge < -0.3 is 5.11 Å². The van der Waals surface area contributed by atoms with Crippen molar-refractivity contribution in [2.45, 2.75) is 6.17 Å². The second-order valence-corrected chi connectivity index (χ2v) is 3.33. The van der Waals surface area contributed by atoms with Gasteiger partial charge in [-0.25, -0.2) is 4.39 Å². The van der Waals surface area contributed by atoms with Crippen LogP contribution in [0.15, 0.2) is 30.0 Å². The number of fused-ring (bicyclic) bond motifs is 1. The summed E-state index contributed by atoms with van der Waals surface area (Å²) in [7, 11) is 0. The number of thiocarbonyl (C=S) groups is 1. The molecule has 1 N–H and O–H groups in total. The largest absolute Gasteiger partial charge is 0.507 e. The number of alkyl halides is 1. The highest BCUT2D eigenvalue weighted by molar-refractivity contribution is 7.81. The summed E-state index contributed by atoms with van der Waals surface area (Å²) in [5.41, 5.74) is 1.23. The summed E-state index contributed by atoms with van der Waals surface area (Å²) in [5, 5.41) is 9.27.